The predicted octanol–water partition coefficient (Wildman–Crippen LogP) is 0.922. The van der Waals surface area contributed by atoms with Gasteiger partial charge in [0, 0.05) is 7.11 Å². The van der Waals surface area contributed by atoms with Gasteiger partial charge in [-0.3, -0.25) is 5.10 Å². The molecule has 0 aliphatic heterocycles. The van der Waals surface area contributed by atoms with E-state index in [1.54, 1.807) is 7.11 Å². The third-order valence-electron chi connectivity index (χ3n) is 2.50. The van der Waals surface area contributed by atoms with E-state index >= 15 is 0 Å². The molecule has 78 valence electrons. The average Bonchev–Trinajstić information content (AvgIpc) is 2.84. The molecule has 0 bridgehead atoms. The van der Waals surface area contributed by atoms with Crippen LogP contribution >= 0.6 is 0 Å². The minimum Gasteiger partial charge on any atom is -0.373 e. The fourth-order valence-electron chi connectivity index (χ4n) is 1.55. The van der Waals surface area contributed by atoms with Crippen LogP contribution in [-0.4, -0.2) is 22.3 Å². The standard InChI is InChI=1S/C9H16N4O/c1-5(10)8-11-9(13-12-8)7(14-2)6-3-4-6/h5-7H,3-4,10H2,1-2H3,(H,11,12,13). The lowest BCUT2D eigenvalue weighted by Gasteiger charge is -2.09. The summed E-state index contributed by atoms with van der Waals surface area (Å²) in [5.74, 6) is 2.07. The highest BCUT2D eigenvalue weighted by Gasteiger charge is 2.34. The first kappa shape index (κ1) is 9.61. The topological polar surface area (TPSA) is 76.8 Å². The molecule has 3 N–H and O–H groups in total. The van der Waals surface area contributed by atoms with Crippen molar-refractivity contribution in [2.45, 2.75) is 31.9 Å². The van der Waals surface area contributed by atoms with Gasteiger partial charge in [0.05, 0.1) is 6.04 Å². The zero-order valence-corrected chi connectivity index (χ0v) is 8.53. The van der Waals surface area contributed by atoms with Crippen LogP contribution in [0.3, 0.4) is 0 Å². The zero-order valence-electron chi connectivity index (χ0n) is 8.53. The number of nitrogens with zero attached hydrogens (tertiary/aromatic N) is 2. The largest absolute Gasteiger partial charge is 0.373 e. The molecule has 1 aliphatic carbocycles. The Morgan fingerprint density at radius 1 is 1.57 bits per heavy atom. The van der Waals surface area contributed by atoms with Crippen molar-refractivity contribution in [2.24, 2.45) is 11.7 Å². The normalized spacial score (nSPS) is 20.8. The van der Waals surface area contributed by atoms with Crippen LogP contribution in [0.15, 0.2) is 0 Å². The maximum atomic E-state index is 5.67. The third kappa shape index (κ3) is 1.78. The van der Waals surface area contributed by atoms with Gasteiger partial charge in [0.15, 0.2) is 11.6 Å². The number of nitrogens with one attached hydrogen (secondary N) is 1. The number of rotatable bonds is 4. The van der Waals surface area contributed by atoms with E-state index < -0.39 is 0 Å². The molecule has 1 fully saturated rings. The number of hydrogen-bond donors (Lipinski definition) is 2. The SMILES string of the molecule is COC(c1nc(C(C)N)n[nH]1)C1CC1. The Hall–Kier alpha value is -0.940. The van der Waals surface area contributed by atoms with E-state index in [9.17, 15) is 0 Å². The highest BCUT2D eigenvalue weighted by Crippen LogP contribution is 2.41. The van der Waals surface area contributed by atoms with Crippen molar-refractivity contribution >= 4 is 0 Å². The number of H-pyrrole nitrogens is 1. The molecule has 5 nitrogen and oxygen atoms in total. The predicted molar refractivity (Wildman–Crippen MR) is 51.5 cm³/mol. The van der Waals surface area contributed by atoms with Crippen molar-refractivity contribution in [1.29, 1.82) is 0 Å². The molecule has 2 unspecified atom stereocenters. The van der Waals surface area contributed by atoms with Gasteiger partial charge in [-0.1, -0.05) is 0 Å². The lowest BCUT2D eigenvalue weighted by Crippen LogP contribution is -2.08. The summed E-state index contributed by atoms with van der Waals surface area (Å²) in [6, 6.07) is -0.128. The third-order valence-corrected chi connectivity index (χ3v) is 2.50. The van der Waals surface area contributed by atoms with Crippen molar-refractivity contribution in [2.75, 3.05) is 7.11 Å². The van der Waals surface area contributed by atoms with E-state index in [2.05, 4.69) is 15.2 Å². The Morgan fingerprint density at radius 3 is 2.71 bits per heavy atom. The van der Waals surface area contributed by atoms with Crippen LogP contribution in [0.4, 0.5) is 0 Å². The summed E-state index contributed by atoms with van der Waals surface area (Å²) in [4.78, 5) is 4.33. The second kappa shape index (κ2) is 3.67. The molecule has 0 radical (unpaired) electrons. The first-order valence-electron chi connectivity index (χ1n) is 4.93. The van der Waals surface area contributed by atoms with Crippen LogP contribution in [0, 0.1) is 5.92 Å². The Balaban J connectivity index is 2.13. The van der Waals surface area contributed by atoms with Gasteiger partial charge in [0.1, 0.15) is 6.10 Å². The van der Waals surface area contributed by atoms with Crippen molar-refractivity contribution in [3.05, 3.63) is 11.6 Å². The smallest absolute Gasteiger partial charge is 0.167 e. The lowest BCUT2D eigenvalue weighted by molar-refractivity contribution is 0.0774. The summed E-state index contributed by atoms with van der Waals surface area (Å²) in [5.41, 5.74) is 5.67. The Morgan fingerprint density at radius 2 is 2.29 bits per heavy atom. The highest BCUT2D eigenvalue weighted by atomic mass is 16.5. The Labute approximate surface area is 83.1 Å². The molecule has 0 spiro atoms. The van der Waals surface area contributed by atoms with Gasteiger partial charge in [0.2, 0.25) is 0 Å². The van der Waals surface area contributed by atoms with Crippen molar-refractivity contribution < 1.29 is 4.74 Å². The summed E-state index contributed by atoms with van der Waals surface area (Å²) in [6.07, 6.45) is 2.49. The van der Waals surface area contributed by atoms with Gasteiger partial charge < -0.3 is 10.5 Å². The molecule has 1 heterocycles. The number of ether oxygens (including phenoxy) is 1. The molecule has 2 atom stereocenters. The van der Waals surface area contributed by atoms with Crippen LogP contribution in [0.5, 0.6) is 0 Å². The van der Waals surface area contributed by atoms with Crippen molar-refractivity contribution in [3.8, 4) is 0 Å². The summed E-state index contributed by atoms with van der Waals surface area (Å²) in [7, 11) is 1.71. The molecule has 5 heteroatoms. The van der Waals surface area contributed by atoms with Crippen LogP contribution in [0.2, 0.25) is 0 Å². The number of methoxy groups -OCH3 is 1. The molecular weight excluding hydrogens is 180 g/mol. The Bertz CT molecular complexity index is 306. The number of hydrogen-bond acceptors (Lipinski definition) is 4. The quantitative estimate of drug-likeness (QED) is 0.750. The van der Waals surface area contributed by atoms with Gasteiger partial charge in [-0.25, -0.2) is 4.98 Å². The van der Waals surface area contributed by atoms with E-state index in [1.807, 2.05) is 6.92 Å². The van der Waals surface area contributed by atoms with Crippen LogP contribution in [-0.2, 0) is 4.74 Å². The van der Waals surface area contributed by atoms with Crippen LogP contribution in [0.25, 0.3) is 0 Å². The minimum absolute atomic E-state index is 0.0648. The van der Waals surface area contributed by atoms with Crippen LogP contribution in [0.1, 0.15) is 43.6 Å². The van der Waals surface area contributed by atoms with Gasteiger partial charge in [-0.05, 0) is 25.7 Å². The maximum absolute atomic E-state index is 5.67. The molecule has 0 amide bonds. The molecule has 14 heavy (non-hydrogen) atoms. The van der Waals surface area contributed by atoms with Gasteiger partial charge in [-0.15, -0.1) is 0 Å². The molecular formula is C9H16N4O. The fourth-order valence-corrected chi connectivity index (χ4v) is 1.55. The fraction of sp³-hybridized carbons (Fsp3) is 0.778. The van der Waals surface area contributed by atoms with Gasteiger partial charge in [-0.2, -0.15) is 5.10 Å². The molecule has 1 saturated carbocycles. The van der Waals surface area contributed by atoms with E-state index in [-0.39, 0.29) is 12.1 Å². The zero-order chi connectivity index (χ0) is 10.1. The van der Waals surface area contributed by atoms with E-state index in [1.165, 1.54) is 12.8 Å². The summed E-state index contributed by atoms with van der Waals surface area (Å²) < 4.78 is 5.38. The highest BCUT2D eigenvalue weighted by molar-refractivity contribution is 5.01. The van der Waals surface area contributed by atoms with Crippen molar-refractivity contribution in [1.82, 2.24) is 15.2 Å². The summed E-state index contributed by atoms with van der Waals surface area (Å²) in [5, 5.41) is 6.95. The van der Waals surface area contributed by atoms with Crippen LogP contribution < -0.4 is 5.73 Å². The summed E-state index contributed by atoms with van der Waals surface area (Å²) >= 11 is 0. The van der Waals surface area contributed by atoms with E-state index in [0.717, 1.165) is 5.82 Å². The molecule has 1 aromatic rings. The second-order valence-corrected chi connectivity index (χ2v) is 3.86. The van der Waals surface area contributed by atoms with Crippen molar-refractivity contribution in [3.63, 3.8) is 0 Å². The molecule has 0 aromatic carbocycles. The van der Waals surface area contributed by atoms with Gasteiger partial charge in [0.25, 0.3) is 0 Å². The monoisotopic (exact) mass is 196 g/mol. The Kier molecular flexibility index (Phi) is 2.52. The first-order chi connectivity index (χ1) is 6.72. The minimum atomic E-state index is -0.128. The first-order valence-corrected chi connectivity index (χ1v) is 4.93. The van der Waals surface area contributed by atoms with Gasteiger partial charge >= 0.3 is 0 Å². The number of aromatic amines is 1. The van der Waals surface area contributed by atoms with E-state index in [0.29, 0.717) is 11.7 Å². The number of aromatic nitrogens is 3. The summed E-state index contributed by atoms with van der Waals surface area (Å²) in [6.45, 7) is 1.87. The molecule has 1 aliphatic rings. The maximum Gasteiger partial charge on any atom is 0.167 e. The number of nitrogens with two attached hydrogens (primary N) is 1. The van der Waals surface area contributed by atoms with E-state index in [4.69, 9.17) is 10.5 Å². The molecule has 2 rings (SSSR count). The molecule has 1 aromatic heterocycles. The second-order valence-electron chi connectivity index (χ2n) is 3.86. The lowest BCUT2D eigenvalue weighted by atomic mass is 10.2. The molecule has 0 saturated heterocycles. The average molecular weight is 196 g/mol.